The van der Waals surface area contributed by atoms with Crippen molar-refractivity contribution in [3.8, 4) is 17.2 Å². The maximum Gasteiger partial charge on any atom is 0.276 e. The van der Waals surface area contributed by atoms with Gasteiger partial charge < -0.3 is 14.8 Å². The smallest absolute Gasteiger partial charge is 0.276 e. The highest BCUT2D eigenvalue weighted by Gasteiger charge is 2.16. The zero-order valence-corrected chi connectivity index (χ0v) is 19.5. The third-order valence-corrected chi connectivity index (χ3v) is 6.58. The second-order valence-electron chi connectivity index (χ2n) is 6.58. The van der Waals surface area contributed by atoms with Gasteiger partial charge in [0.1, 0.15) is 16.2 Å². The van der Waals surface area contributed by atoms with Crippen LogP contribution in [0.4, 0.5) is 5.69 Å². The van der Waals surface area contributed by atoms with Gasteiger partial charge in [0.05, 0.1) is 31.2 Å². The molecule has 2 heterocycles. The molecular formula is C22H18ClN3O4S2. The second kappa shape index (κ2) is 9.64. The molecule has 32 heavy (non-hydrogen) atoms. The predicted octanol–water partition coefficient (Wildman–Crippen LogP) is 4.85. The monoisotopic (exact) mass is 487 g/mol. The Hall–Kier alpha value is -3.01. The van der Waals surface area contributed by atoms with E-state index in [0.717, 1.165) is 0 Å². The maximum atomic E-state index is 13.1. The minimum Gasteiger partial charge on any atom is -0.497 e. The van der Waals surface area contributed by atoms with Gasteiger partial charge in [0.2, 0.25) is 5.91 Å². The molecule has 0 aliphatic rings. The highest BCUT2D eigenvalue weighted by molar-refractivity contribution is 7.99. The molecule has 0 unspecified atom stereocenters. The molecule has 4 aromatic rings. The molecule has 0 spiro atoms. The Bertz CT molecular complexity index is 1310. The van der Waals surface area contributed by atoms with Crippen molar-refractivity contribution in [2.45, 2.75) is 5.16 Å². The Morgan fingerprint density at radius 3 is 2.47 bits per heavy atom. The van der Waals surface area contributed by atoms with E-state index in [1.807, 2.05) is 5.38 Å². The van der Waals surface area contributed by atoms with Crippen LogP contribution in [-0.4, -0.2) is 35.4 Å². The van der Waals surface area contributed by atoms with Crippen LogP contribution in [0.5, 0.6) is 11.5 Å². The maximum absolute atomic E-state index is 13.1. The number of carbonyl (C=O) groups excluding carboxylic acids is 1. The summed E-state index contributed by atoms with van der Waals surface area (Å²) in [6, 6.07) is 13.8. The third kappa shape index (κ3) is 4.74. The average molecular weight is 488 g/mol. The first-order valence-corrected chi connectivity index (χ1v) is 11.6. The Kier molecular flexibility index (Phi) is 6.69. The van der Waals surface area contributed by atoms with E-state index in [0.29, 0.717) is 43.3 Å². The number of rotatable bonds is 7. The summed E-state index contributed by atoms with van der Waals surface area (Å²) in [5, 5.41) is 5.63. The molecule has 164 valence electrons. The first-order valence-electron chi connectivity index (χ1n) is 9.40. The molecule has 0 atom stereocenters. The zero-order chi connectivity index (χ0) is 22.7. The lowest BCUT2D eigenvalue weighted by atomic mass is 10.2. The van der Waals surface area contributed by atoms with E-state index < -0.39 is 0 Å². The SMILES string of the molecule is COc1cc(NC(=O)CSc2nc3ccsc3c(=O)n2-c2ccc(Cl)cc2)cc(OC)c1. The van der Waals surface area contributed by atoms with E-state index >= 15 is 0 Å². The van der Waals surface area contributed by atoms with Crippen molar-refractivity contribution >= 4 is 56.5 Å². The van der Waals surface area contributed by atoms with Crippen molar-refractivity contribution in [1.29, 1.82) is 0 Å². The summed E-state index contributed by atoms with van der Waals surface area (Å²) in [6.45, 7) is 0. The van der Waals surface area contributed by atoms with E-state index in [1.165, 1.54) is 27.7 Å². The number of amides is 1. The molecule has 4 rings (SSSR count). The fraction of sp³-hybridized carbons (Fsp3) is 0.136. The number of benzene rings is 2. The lowest BCUT2D eigenvalue weighted by Crippen LogP contribution is -2.22. The minimum atomic E-state index is -0.257. The molecule has 10 heteroatoms. The molecule has 0 saturated heterocycles. The fourth-order valence-corrected chi connectivity index (χ4v) is 4.71. The number of methoxy groups -OCH3 is 2. The highest BCUT2D eigenvalue weighted by Crippen LogP contribution is 2.27. The Labute approximate surface area is 197 Å². The van der Waals surface area contributed by atoms with Gasteiger partial charge in [-0.25, -0.2) is 4.98 Å². The summed E-state index contributed by atoms with van der Waals surface area (Å²) in [7, 11) is 3.08. The van der Waals surface area contributed by atoms with Crippen molar-refractivity contribution < 1.29 is 14.3 Å². The number of thiophene rings is 1. The van der Waals surface area contributed by atoms with Gasteiger partial charge in [-0.05, 0) is 35.7 Å². The van der Waals surface area contributed by atoms with Crippen molar-refractivity contribution in [3.63, 3.8) is 0 Å². The lowest BCUT2D eigenvalue weighted by Gasteiger charge is -2.13. The quantitative estimate of drug-likeness (QED) is 0.296. The topological polar surface area (TPSA) is 82.5 Å². The first kappa shape index (κ1) is 22.2. The fourth-order valence-electron chi connectivity index (χ4n) is 3.01. The predicted molar refractivity (Wildman–Crippen MR) is 129 cm³/mol. The number of anilines is 1. The van der Waals surface area contributed by atoms with Crippen molar-refractivity contribution in [2.75, 3.05) is 25.3 Å². The zero-order valence-electron chi connectivity index (χ0n) is 17.1. The number of fused-ring (bicyclic) bond motifs is 1. The van der Waals surface area contributed by atoms with Crippen LogP contribution in [0.2, 0.25) is 5.02 Å². The molecule has 0 saturated carbocycles. The van der Waals surface area contributed by atoms with Gasteiger partial charge in [-0.2, -0.15) is 0 Å². The molecule has 0 fully saturated rings. The van der Waals surface area contributed by atoms with Gasteiger partial charge >= 0.3 is 0 Å². The lowest BCUT2D eigenvalue weighted by molar-refractivity contribution is -0.113. The van der Waals surface area contributed by atoms with Crippen molar-refractivity contribution in [2.24, 2.45) is 0 Å². The van der Waals surface area contributed by atoms with Crippen LogP contribution in [0, 0.1) is 0 Å². The van der Waals surface area contributed by atoms with Crippen LogP contribution in [0.3, 0.4) is 0 Å². The highest BCUT2D eigenvalue weighted by atomic mass is 35.5. The molecular weight excluding hydrogens is 470 g/mol. The molecule has 0 aliphatic heterocycles. The van der Waals surface area contributed by atoms with Gasteiger partial charge in [-0.1, -0.05) is 23.4 Å². The summed E-state index contributed by atoms with van der Waals surface area (Å²) in [5.74, 6) is 0.921. The van der Waals surface area contributed by atoms with E-state index in [2.05, 4.69) is 10.3 Å². The summed E-state index contributed by atoms with van der Waals surface area (Å²) >= 11 is 8.51. The largest absolute Gasteiger partial charge is 0.497 e. The van der Waals surface area contributed by atoms with Crippen LogP contribution < -0.4 is 20.3 Å². The van der Waals surface area contributed by atoms with E-state index in [9.17, 15) is 9.59 Å². The third-order valence-electron chi connectivity index (χ3n) is 4.50. The summed E-state index contributed by atoms with van der Waals surface area (Å²) in [4.78, 5) is 30.4. The number of hydrogen-bond acceptors (Lipinski definition) is 7. The normalized spacial score (nSPS) is 10.8. The van der Waals surface area contributed by atoms with Gasteiger partial charge in [0.15, 0.2) is 5.16 Å². The molecule has 1 N–H and O–H groups in total. The molecule has 2 aromatic carbocycles. The Morgan fingerprint density at radius 2 is 1.81 bits per heavy atom. The van der Waals surface area contributed by atoms with Gasteiger partial charge in [0, 0.05) is 28.9 Å². The van der Waals surface area contributed by atoms with Crippen LogP contribution in [0.25, 0.3) is 15.9 Å². The van der Waals surface area contributed by atoms with Crippen LogP contribution in [0.15, 0.2) is 63.9 Å². The summed E-state index contributed by atoms with van der Waals surface area (Å²) in [5.41, 5.74) is 1.59. The number of carbonyl (C=O) groups is 1. The average Bonchev–Trinajstić information content (AvgIpc) is 3.27. The summed E-state index contributed by atoms with van der Waals surface area (Å²) < 4.78 is 12.5. The van der Waals surface area contributed by atoms with Gasteiger partial charge in [-0.15, -0.1) is 11.3 Å². The van der Waals surface area contributed by atoms with E-state index in [1.54, 1.807) is 62.8 Å². The number of thioether (sulfide) groups is 1. The first-order chi connectivity index (χ1) is 15.5. The van der Waals surface area contributed by atoms with Gasteiger partial charge in [0.25, 0.3) is 5.56 Å². The van der Waals surface area contributed by atoms with Crippen molar-refractivity contribution in [1.82, 2.24) is 9.55 Å². The number of ether oxygens (including phenoxy) is 2. The number of hydrogen-bond donors (Lipinski definition) is 1. The molecule has 2 aromatic heterocycles. The Balaban J connectivity index is 1.60. The van der Waals surface area contributed by atoms with Crippen LogP contribution >= 0.6 is 34.7 Å². The minimum absolute atomic E-state index is 0.0508. The number of nitrogens with zero attached hydrogens (tertiary/aromatic N) is 2. The van der Waals surface area contributed by atoms with Crippen molar-refractivity contribution in [3.05, 3.63) is 69.3 Å². The Morgan fingerprint density at radius 1 is 1.12 bits per heavy atom. The van der Waals surface area contributed by atoms with Gasteiger partial charge in [-0.3, -0.25) is 14.2 Å². The molecule has 7 nitrogen and oxygen atoms in total. The molecule has 1 amide bonds. The van der Waals surface area contributed by atoms with E-state index in [4.69, 9.17) is 21.1 Å². The molecule has 0 aliphatic carbocycles. The summed E-state index contributed by atoms with van der Waals surface area (Å²) in [6.07, 6.45) is 0. The number of halogens is 1. The van der Waals surface area contributed by atoms with Crippen LogP contribution in [0.1, 0.15) is 0 Å². The van der Waals surface area contributed by atoms with Crippen LogP contribution in [-0.2, 0) is 4.79 Å². The van der Waals surface area contributed by atoms with E-state index in [-0.39, 0.29) is 17.2 Å². The molecule has 0 bridgehead atoms. The number of nitrogens with one attached hydrogen (secondary N) is 1. The standard InChI is InChI=1S/C22H18ClN3O4S2/c1-29-16-9-14(10-17(11-16)30-2)24-19(27)12-32-22-25-18-7-8-31-20(18)21(28)26(22)15-5-3-13(23)4-6-15/h3-11H,12H2,1-2H3,(H,24,27). The molecule has 0 radical (unpaired) electrons. The second-order valence-corrected chi connectivity index (χ2v) is 8.88. The number of aromatic nitrogens is 2.